The fraction of sp³-hybridized carbons (Fsp3) is 0.250. The molecule has 2 heterocycles. The van der Waals surface area contributed by atoms with E-state index >= 15 is 0 Å². The number of aryl methyl sites for hydroxylation is 2. The van der Waals surface area contributed by atoms with Crippen molar-refractivity contribution in [2.45, 2.75) is 39.5 Å². The molecule has 0 fully saturated rings. The Morgan fingerprint density at radius 1 is 1.03 bits per heavy atom. The van der Waals surface area contributed by atoms with Gasteiger partial charge in [0.1, 0.15) is 0 Å². The maximum atomic E-state index is 12.3. The van der Waals surface area contributed by atoms with Gasteiger partial charge in [-0.1, -0.05) is 55.8 Å². The SMILES string of the molecule is Cc1ccc(-c2nnc(CCC(=O)Nc3nc(-c4ccc(C(C)C)cc4)cs3)o2)cc1. The van der Waals surface area contributed by atoms with Crippen LogP contribution in [0, 0.1) is 6.92 Å². The number of aromatic nitrogens is 3. The number of anilines is 1. The average molecular weight is 433 g/mol. The highest BCUT2D eigenvalue weighted by atomic mass is 32.1. The Hall–Kier alpha value is -3.32. The topological polar surface area (TPSA) is 80.9 Å². The molecule has 31 heavy (non-hydrogen) atoms. The zero-order chi connectivity index (χ0) is 21.8. The molecular weight excluding hydrogens is 408 g/mol. The molecule has 158 valence electrons. The van der Waals surface area contributed by atoms with Gasteiger partial charge >= 0.3 is 0 Å². The van der Waals surface area contributed by atoms with Gasteiger partial charge in [-0.3, -0.25) is 4.79 Å². The second-order valence-corrected chi connectivity index (χ2v) is 8.59. The Bertz CT molecular complexity index is 1160. The molecule has 0 aliphatic heterocycles. The molecule has 2 aromatic heterocycles. The number of rotatable bonds is 7. The highest BCUT2D eigenvalue weighted by Gasteiger charge is 2.12. The first kappa shape index (κ1) is 20.9. The molecule has 2 aromatic carbocycles. The van der Waals surface area contributed by atoms with E-state index in [1.54, 1.807) is 0 Å². The molecule has 0 unspecified atom stereocenters. The molecule has 1 N–H and O–H groups in total. The summed E-state index contributed by atoms with van der Waals surface area (Å²) in [4.78, 5) is 16.9. The van der Waals surface area contributed by atoms with Crippen molar-refractivity contribution >= 4 is 22.4 Å². The van der Waals surface area contributed by atoms with Gasteiger partial charge in [0.2, 0.25) is 17.7 Å². The van der Waals surface area contributed by atoms with Crippen LogP contribution in [0.1, 0.15) is 43.2 Å². The average Bonchev–Trinajstić information content (AvgIpc) is 3.43. The number of benzene rings is 2. The summed E-state index contributed by atoms with van der Waals surface area (Å²) < 4.78 is 5.68. The Morgan fingerprint density at radius 3 is 2.45 bits per heavy atom. The summed E-state index contributed by atoms with van der Waals surface area (Å²) >= 11 is 1.41. The molecule has 0 atom stereocenters. The van der Waals surface area contributed by atoms with Gasteiger partial charge in [0.15, 0.2) is 5.13 Å². The van der Waals surface area contributed by atoms with Crippen molar-refractivity contribution in [3.8, 4) is 22.7 Å². The predicted octanol–water partition coefficient (Wildman–Crippen LogP) is 5.86. The van der Waals surface area contributed by atoms with Crippen LogP contribution in [0.4, 0.5) is 5.13 Å². The van der Waals surface area contributed by atoms with Crippen molar-refractivity contribution in [3.05, 3.63) is 70.9 Å². The Labute approximate surface area is 185 Å². The van der Waals surface area contributed by atoms with Crippen LogP contribution in [-0.2, 0) is 11.2 Å². The first-order valence-electron chi connectivity index (χ1n) is 10.2. The third-order valence-corrected chi connectivity index (χ3v) is 5.71. The number of hydrogen-bond donors (Lipinski definition) is 1. The highest BCUT2D eigenvalue weighted by molar-refractivity contribution is 7.14. The van der Waals surface area contributed by atoms with E-state index in [2.05, 4.69) is 58.6 Å². The fourth-order valence-electron chi connectivity index (χ4n) is 3.07. The zero-order valence-electron chi connectivity index (χ0n) is 17.8. The van der Waals surface area contributed by atoms with Gasteiger partial charge in [-0.2, -0.15) is 0 Å². The number of nitrogens with one attached hydrogen (secondary N) is 1. The van der Waals surface area contributed by atoms with Crippen LogP contribution in [0.2, 0.25) is 0 Å². The van der Waals surface area contributed by atoms with Gasteiger partial charge in [0.25, 0.3) is 0 Å². The largest absolute Gasteiger partial charge is 0.421 e. The fourth-order valence-corrected chi connectivity index (χ4v) is 3.81. The standard InChI is InChI=1S/C24H24N4O2S/c1-15(2)17-8-10-18(11-9-17)20-14-31-24(25-20)26-21(29)12-13-22-27-28-23(30-22)19-6-4-16(3)5-7-19/h4-11,14-15H,12-13H2,1-3H3,(H,25,26,29). The molecule has 0 spiro atoms. The Kier molecular flexibility index (Phi) is 6.23. The molecule has 4 rings (SSSR count). The molecule has 0 saturated carbocycles. The van der Waals surface area contributed by atoms with E-state index in [0.29, 0.717) is 29.3 Å². The number of hydrogen-bond acceptors (Lipinski definition) is 6. The van der Waals surface area contributed by atoms with Crippen molar-refractivity contribution in [1.29, 1.82) is 0 Å². The minimum absolute atomic E-state index is 0.133. The minimum atomic E-state index is -0.133. The number of thiazole rings is 1. The van der Waals surface area contributed by atoms with E-state index in [-0.39, 0.29) is 12.3 Å². The lowest BCUT2D eigenvalue weighted by molar-refractivity contribution is -0.116. The lowest BCUT2D eigenvalue weighted by atomic mass is 10.0. The Balaban J connectivity index is 1.32. The summed E-state index contributed by atoms with van der Waals surface area (Å²) in [6.45, 7) is 6.36. The lowest BCUT2D eigenvalue weighted by Gasteiger charge is -2.05. The number of carbonyl (C=O) groups is 1. The van der Waals surface area contributed by atoms with Crippen LogP contribution in [0.15, 0.2) is 58.3 Å². The molecule has 1 amide bonds. The number of amides is 1. The normalized spacial score (nSPS) is 11.1. The molecular formula is C24H24N4O2S. The summed E-state index contributed by atoms with van der Waals surface area (Å²) in [5, 5.41) is 13.5. The van der Waals surface area contributed by atoms with Crippen molar-refractivity contribution in [2.75, 3.05) is 5.32 Å². The van der Waals surface area contributed by atoms with Gasteiger partial charge < -0.3 is 9.73 Å². The molecule has 0 saturated heterocycles. The second kappa shape index (κ2) is 9.22. The number of nitrogens with zero attached hydrogens (tertiary/aromatic N) is 3. The van der Waals surface area contributed by atoms with Crippen molar-refractivity contribution in [3.63, 3.8) is 0 Å². The maximum absolute atomic E-state index is 12.3. The number of carbonyl (C=O) groups excluding carboxylic acids is 1. The molecule has 0 aliphatic rings. The second-order valence-electron chi connectivity index (χ2n) is 7.73. The van der Waals surface area contributed by atoms with Crippen LogP contribution in [0.5, 0.6) is 0 Å². The van der Waals surface area contributed by atoms with Crippen LogP contribution in [-0.4, -0.2) is 21.1 Å². The van der Waals surface area contributed by atoms with Crippen LogP contribution in [0.25, 0.3) is 22.7 Å². The summed E-state index contributed by atoms with van der Waals surface area (Å²) in [5.41, 5.74) is 5.22. The third-order valence-electron chi connectivity index (χ3n) is 4.95. The van der Waals surface area contributed by atoms with Crippen LogP contribution in [0.3, 0.4) is 0 Å². The minimum Gasteiger partial charge on any atom is -0.421 e. The first-order valence-corrected chi connectivity index (χ1v) is 11.1. The molecule has 0 radical (unpaired) electrons. The van der Waals surface area contributed by atoms with Crippen LogP contribution < -0.4 is 5.32 Å². The van der Waals surface area contributed by atoms with Crippen molar-refractivity contribution in [1.82, 2.24) is 15.2 Å². The summed E-state index contributed by atoms with van der Waals surface area (Å²) in [6, 6.07) is 16.2. The van der Waals surface area contributed by atoms with Gasteiger partial charge in [0, 0.05) is 29.3 Å². The molecule has 4 aromatic rings. The van der Waals surface area contributed by atoms with Gasteiger partial charge in [-0.05, 0) is 30.5 Å². The van der Waals surface area contributed by atoms with E-state index in [1.807, 2.05) is 36.6 Å². The van der Waals surface area contributed by atoms with Gasteiger partial charge in [-0.25, -0.2) is 4.98 Å². The predicted molar refractivity (Wildman–Crippen MR) is 123 cm³/mol. The highest BCUT2D eigenvalue weighted by Crippen LogP contribution is 2.26. The quantitative estimate of drug-likeness (QED) is 0.395. The summed E-state index contributed by atoms with van der Waals surface area (Å²) in [7, 11) is 0. The van der Waals surface area contributed by atoms with Crippen molar-refractivity contribution < 1.29 is 9.21 Å². The lowest BCUT2D eigenvalue weighted by Crippen LogP contribution is -2.12. The van der Waals surface area contributed by atoms with Crippen LogP contribution >= 0.6 is 11.3 Å². The van der Waals surface area contributed by atoms with E-state index in [9.17, 15) is 4.79 Å². The molecule has 0 bridgehead atoms. The van der Waals surface area contributed by atoms with E-state index < -0.39 is 0 Å². The van der Waals surface area contributed by atoms with Gasteiger partial charge in [0.05, 0.1) is 5.69 Å². The smallest absolute Gasteiger partial charge is 0.247 e. The first-order chi connectivity index (χ1) is 15.0. The Morgan fingerprint density at radius 2 is 1.74 bits per heavy atom. The maximum Gasteiger partial charge on any atom is 0.247 e. The monoisotopic (exact) mass is 432 g/mol. The van der Waals surface area contributed by atoms with Crippen molar-refractivity contribution in [2.24, 2.45) is 0 Å². The molecule has 7 heteroatoms. The summed E-state index contributed by atoms with van der Waals surface area (Å²) in [6.07, 6.45) is 0.618. The third kappa shape index (κ3) is 5.24. The van der Waals surface area contributed by atoms with E-state index in [0.717, 1.165) is 22.4 Å². The zero-order valence-corrected chi connectivity index (χ0v) is 18.6. The van der Waals surface area contributed by atoms with E-state index in [4.69, 9.17) is 4.42 Å². The van der Waals surface area contributed by atoms with E-state index in [1.165, 1.54) is 16.9 Å². The molecule has 0 aliphatic carbocycles. The molecule has 6 nitrogen and oxygen atoms in total. The van der Waals surface area contributed by atoms with Gasteiger partial charge in [-0.15, -0.1) is 21.5 Å². The summed E-state index contributed by atoms with van der Waals surface area (Å²) in [5.74, 6) is 1.26.